The minimum atomic E-state index is 0.230. The van der Waals surface area contributed by atoms with Crippen molar-refractivity contribution in [3.63, 3.8) is 0 Å². The Morgan fingerprint density at radius 2 is 0.647 bits per heavy atom. The first kappa shape index (κ1) is 32.9. The number of hydrogen-bond acceptors (Lipinski definition) is 2. The Morgan fingerprint density at radius 3 is 0.971 bits per heavy atom. The molecule has 0 radical (unpaired) electrons. The molecule has 0 saturated heterocycles. The van der Waals surface area contributed by atoms with Gasteiger partial charge in [-0.15, -0.1) is 0 Å². The minimum Gasteiger partial charge on any atom is -0.356 e. The number of nitrogens with one attached hydrogen (secondary N) is 2. The molecular formula is C30H60N2O2. The maximum Gasteiger partial charge on any atom is 0.219 e. The fraction of sp³-hybridized carbons (Fsp3) is 0.933. The highest BCUT2D eigenvalue weighted by atomic mass is 16.2. The van der Waals surface area contributed by atoms with Crippen molar-refractivity contribution in [1.82, 2.24) is 10.6 Å². The lowest BCUT2D eigenvalue weighted by atomic mass is 10.1. The predicted molar refractivity (Wildman–Crippen MR) is 148 cm³/mol. The molecule has 0 aromatic carbocycles. The fourth-order valence-electron chi connectivity index (χ4n) is 4.43. The van der Waals surface area contributed by atoms with Gasteiger partial charge in [0.2, 0.25) is 11.8 Å². The molecule has 0 aliphatic carbocycles. The van der Waals surface area contributed by atoms with Crippen molar-refractivity contribution >= 4 is 11.8 Å². The van der Waals surface area contributed by atoms with Crippen molar-refractivity contribution in [1.29, 1.82) is 0 Å². The molecule has 2 N–H and O–H groups in total. The molecule has 0 bridgehead atoms. The van der Waals surface area contributed by atoms with Gasteiger partial charge >= 0.3 is 0 Å². The fourth-order valence-corrected chi connectivity index (χ4v) is 4.43. The lowest BCUT2D eigenvalue weighted by Crippen LogP contribution is -2.24. The van der Waals surface area contributed by atoms with Crippen molar-refractivity contribution < 1.29 is 9.59 Å². The van der Waals surface area contributed by atoms with E-state index in [1.165, 1.54) is 116 Å². The largest absolute Gasteiger partial charge is 0.356 e. The molecule has 0 fully saturated rings. The molecule has 0 unspecified atom stereocenters. The van der Waals surface area contributed by atoms with Gasteiger partial charge in [0.25, 0.3) is 0 Å². The molecule has 4 heteroatoms. The van der Waals surface area contributed by atoms with Crippen LogP contribution in [-0.4, -0.2) is 24.9 Å². The molecule has 2 amide bonds. The van der Waals surface area contributed by atoms with Gasteiger partial charge in [0.15, 0.2) is 0 Å². The number of unbranched alkanes of at least 4 members (excludes halogenated alkanes) is 19. The number of amides is 2. The molecule has 0 heterocycles. The Balaban J connectivity index is 3.23. The zero-order chi connectivity index (χ0) is 25.0. The highest BCUT2D eigenvalue weighted by molar-refractivity contribution is 5.76. The van der Waals surface area contributed by atoms with Gasteiger partial charge in [-0.3, -0.25) is 9.59 Å². The lowest BCUT2D eigenvalue weighted by Gasteiger charge is -2.07. The second-order valence-electron chi connectivity index (χ2n) is 10.3. The summed E-state index contributed by atoms with van der Waals surface area (Å²) < 4.78 is 0. The van der Waals surface area contributed by atoms with E-state index in [4.69, 9.17) is 0 Å². The van der Waals surface area contributed by atoms with E-state index in [9.17, 15) is 9.59 Å². The summed E-state index contributed by atoms with van der Waals surface area (Å²) in [5.41, 5.74) is 0. The highest BCUT2D eigenvalue weighted by Crippen LogP contribution is 2.11. The van der Waals surface area contributed by atoms with Gasteiger partial charge in [-0.05, 0) is 25.7 Å². The Labute approximate surface area is 213 Å². The summed E-state index contributed by atoms with van der Waals surface area (Å²) in [4.78, 5) is 23.8. The summed E-state index contributed by atoms with van der Waals surface area (Å²) >= 11 is 0. The van der Waals surface area contributed by atoms with Crippen LogP contribution < -0.4 is 10.6 Å². The monoisotopic (exact) mass is 480 g/mol. The second-order valence-corrected chi connectivity index (χ2v) is 10.3. The van der Waals surface area contributed by atoms with E-state index in [0.717, 1.165) is 38.8 Å². The van der Waals surface area contributed by atoms with Crippen LogP contribution in [0.5, 0.6) is 0 Å². The third-order valence-corrected chi connectivity index (χ3v) is 6.76. The second kappa shape index (κ2) is 28.2. The van der Waals surface area contributed by atoms with E-state index in [0.29, 0.717) is 12.8 Å². The average Bonchev–Trinajstić information content (AvgIpc) is 2.83. The maximum atomic E-state index is 11.9. The Morgan fingerprint density at radius 1 is 0.382 bits per heavy atom. The molecule has 0 rings (SSSR count). The van der Waals surface area contributed by atoms with Gasteiger partial charge in [0.1, 0.15) is 0 Å². The molecule has 202 valence electrons. The van der Waals surface area contributed by atoms with Gasteiger partial charge < -0.3 is 10.6 Å². The standard InChI is InChI=1S/C30H60N2O2/c1-3-5-7-9-11-13-17-21-25-29(33)31-27-23-19-15-16-20-24-28-32-30(34)26-22-18-14-12-10-8-6-4-2/h3-28H2,1-2H3,(H,31,33)(H,32,34). The normalized spacial score (nSPS) is 11.0. The van der Waals surface area contributed by atoms with Gasteiger partial charge in [-0.25, -0.2) is 0 Å². The first-order valence-corrected chi connectivity index (χ1v) is 15.2. The van der Waals surface area contributed by atoms with Crippen LogP contribution in [0.3, 0.4) is 0 Å². The predicted octanol–water partition coefficient (Wildman–Crippen LogP) is 8.62. The summed E-state index contributed by atoms with van der Waals surface area (Å²) in [6, 6.07) is 0. The van der Waals surface area contributed by atoms with Crippen molar-refractivity contribution in [3.05, 3.63) is 0 Å². The van der Waals surface area contributed by atoms with Gasteiger partial charge in [-0.2, -0.15) is 0 Å². The Hall–Kier alpha value is -1.06. The number of rotatable bonds is 27. The molecule has 0 atom stereocenters. The van der Waals surface area contributed by atoms with Crippen LogP contribution in [0.15, 0.2) is 0 Å². The molecule has 0 spiro atoms. The quantitative estimate of drug-likeness (QED) is 0.116. The first-order valence-electron chi connectivity index (χ1n) is 15.2. The Kier molecular flexibility index (Phi) is 27.3. The van der Waals surface area contributed by atoms with E-state index in [2.05, 4.69) is 24.5 Å². The third kappa shape index (κ3) is 27.2. The third-order valence-electron chi connectivity index (χ3n) is 6.76. The first-order chi connectivity index (χ1) is 16.7. The average molecular weight is 481 g/mol. The Bertz CT molecular complexity index is 400. The van der Waals surface area contributed by atoms with Crippen LogP contribution in [0.4, 0.5) is 0 Å². The van der Waals surface area contributed by atoms with Crippen LogP contribution in [0.1, 0.15) is 168 Å². The topological polar surface area (TPSA) is 58.2 Å². The lowest BCUT2D eigenvalue weighted by molar-refractivity contribution is -0.122. The van der Waals surface area contributed by atoms with Crippen molar-refractivity contribution in [2.24, 2.45) is 0 Å². The SMILES string of the molecule is CCCCCCCCCCC(=O)NCCCCCCCCNC(=O)CCCCCCCCCC. The van der Waals surface area contributed by atoms with Crippen molar-refractivity contribution in [2.75, 3.05) is 13.1 Å². The molecule has 0 saturated carbocycles. The summed E-state index contributed by atoms with van der Waals surface area (Å²) in [7, 11) is 0. The van der Waals surface area contributed by atoms with Gasteiger partial charge in [-0.1, -0.05) is 129 Å². The van der Waals surface area contributed by atoms with Crippen molar-refractivity contribution in [2.45, 2.75) is 168 Å². The van der Waals surface area contributed by atoms with Crippen LogP contribution in [0.25, 0.3) is 0 Å². The molecular weight excluding hydrogens is 420 g/mol. The van der Waals surface area contributed by atoms with Crippen LogP contribution in [0, 0.1) is 0 Å². The van der Waals surface area contributed by atoms with E-state index in [1.807, 2.05) is 0 Å². The summed E-state index contributed by atoms with van der Waals surface area (Å²) in [6.45, 7) is 6.15. The molecule has 0 aliphatic rings. The molecule has 0 aliphatic heterocycles. The van der Waals surface area contributed by atoms with E-state index in [1.54, 1.807) is 0 Å². The molecule has 4 nitrogen and oxygen atoms in total. The highest BCUT2D eigenvalue weighted by Gasteiger charge is 2.02. The van der Waals surface area contributed by atoms with E-state index >= 15 is 0 Å². The smallest absolute Gasteiger partial charge is 0.219 e. The van der Waals surface area contributed by atoms with E-state index < -0.39 is 0 Å². The summed E-state index contributed by atoms with van der Waals surface area (Å²) in [6.07, 6.45) is 28.8. The van der Waals surface area contributed by atoms with Crippen molar-refractivity contribution in [3.8, 4) is 0 Å². The van der Waals surface area contributed by atoms with Gasteiger partial charge in [0.05, 0.1) is 0 Å². The number of carbonyl (C=O) groups is 2. The molecule has 34 heavy (non-hydrogen) atoms. The van der Waals surface area contributed by atoms with Crippen LogP contribution in [0.2, 0.25) is 0 Å². The summed E-state index contributed by atoms with van der Waals surface area (Å²) in [5, 5.41) is 6.15. The van der Waals surface area contributed by atoms with Crippen LogP contribution in [-0.2, 0) is 9.59 Å². The van der Waals surface area contributed by atoms with E-state index in [-0.39, 0.29) is 11.8 Å². The zero-order valence-electron chi connectivity index (χ0n) is 23.2. The molecule has 0 aromatic rings. The molecule has 0 aromatic heterocycles. The van der Waals surface area contributed by atoms with Gasteiger partial charge in [0, 0.05) is 25.9 Å². The number of hydrogen-bond donors (Lipinski definition) is 2. The maximum absolute atomic E-state index is 11.9. The minimum absolute atomic E-state index is 0.230. The summed E-state index contributed by atoms with van der Waals surface area (Å²) in [5.74, 6) is 0.461. The zero-order valence-corrected chi connectivity index (χ0v) is 23.2. The van der Waals surface area contributed by atoms with Crippen LogP contribution >= 0.6 is 0 Å². The number of carbonyl (C=O) groups excluding carboxylic acids is 2.